The minimum absolute atomic E-state index is 0.278. The molecule has 7 aromatic rings. The van der Waals surface area contributed by atoms with Crippen LogP contribution in [0.25, 0.3) is 33.9 Å². The molecule has 0 unspecified atom stereocenters. The molecule has 0 aliphatic carbocycles. The molecule has 8 rings (SSSR count). The van der Waals surface area contributed by atoms with Crippen LogP contribution in [0.1, 0.15) is 97.8 Å². The minimum atomic E-state index is -1.54. The van der Waals surface area contributed by atoms with E-state index in [1.807, 2.05) is 84.9 Å². The number of imidazole rings is 1. The van der Waals surface area contributed by atoms with Crippen LogP contribution in [-0.2, 0) is 24.7 Å². The molecule has 74 heavy (non-hydrogen) atoms. The zero-order valence-electron chi connectivity index (χ0n) is 45.1. The van der Waals surface area contributed by atoms with Gasteiger partial charge in [0.15, 0.2) is 0 Å². The van der Waals surface area contributed by atoms with Gasteiger partial charge in [0.2, 0.25) is 0 Å². The zero-order chi connectivity index (χ0) is 52.4. The molecule has 386 valence electrons. The Balaban J connectivity index is 1.34. The number of para-hydroxylation sites is 2. The summed E-state index contributed by atoms with van der Waals surface area (Å²) in [7, 11) is 3.48. The molecule has 10 heteroatoms. The summed E-state index contributed by atoms with van der Waals surface area (Å²) in [6.07, 6.45) is 2.80. The van der Waals surface area contributed by atoms with Gasteiger partial charge in [0, 0.05) is 49.3 Å². The number of hydrogen-bond donors (Lipinski definition) is 0. The third kappa shape index (κ3) is 12.8. The molecule has 10 nitrogen and oxygen atoms in total. The Labute approximate surface area is 439 Å². The van der Waals surface area contributed by atoms with Gasteiger partial charge in [-0.1, -0.05) is 146 Å². The number of methoxy groups -OCH3 is 2. The maximum Gasteiger partial charge on any atom is 0.265 e. The molecule has 0 saturated heterocycles. The Morgan fingerprint density at radius 2 is 0.811 bits per heavy atom. The monoisotopic (exact) mass is 995 g/mol. The van der Waals surface area contributed by atoms with Gasteiger partial charge in [-0.25, -0.2) is 15.0 Å². The van der Waals surface area contributed by atoms with Crippen molar-refractivity contribution in [1.29, 1.82) is 0 Å². The largest absolute Gasteiger partial charge is 0.493 e. The predicted molar refractivity (Wildman–Crippen MR) is 300 cm³/mol. The van der Waals surface area contributed by atoms with Crippen LogP contribution in [0.3, 0.4) is 0 Å². The predicted octanol–water partition coefficient (Wildman–Crippen LogP) is 14.3. The summed E-state index contributed by atoms with van der Waals surface area (Å²) in [6.45, 7) is 18.6. The van der Waals surface area contributed by atoms with E-state index in [0.29, 0.717) is 56.6 Å². The SMILES string of the molecule is COC(C)(C)CCOC(C)(C)CCOc1ccccc1-c1nc(-c2ccccc2)c(-c2ccccc2)n1C1(c2ccccc2OCCC(C)(C)OCCC(C)(C)OC)N=C(c2ccccc2)C(c2ccccc2)=N1. The van der Waals surface area contributed by atoms with Gasteiger partial charge in [0.25, 0.3) is 5.79 Å². The molecule has 1 aromatic heterocycles. The summed E-state index contributed by atoms with van der Waals surface area (Å²) in [4.78, 5) is 17.7. The van der Waals surface area contributed by atoms with E-state index in [4.69, 9.17) is 43.4 Å². The van der Waals surface area contributed by atoms with Crippen molar-refractivity contribution in [3.05, 3.63) is 187 Å². The Kier molecular flexibility index (Phi) is 16.8. The molecular weight excluding hydrogens is 921 g/mol. The number of rotatable bonds is 25. The molecule has 0 saturated carbocycles. The van der Waals surface area contributed by atoms with Gasteiger partial charge in [-0.2, -0.15) is 0 Å². The highest BCUT2D eigenvalue weighted by Crippen LogP contribution is 2.49. The summed E-state index contributed by atoms with van der Waals surface area (Å²) < 4.78 is 40.4. The normalized spacial score (nSPS) is 13.9. The van der Waals surface area contributed by atoms with Gasteiger partial charge in [-0.05, 0) is 92.5 Å². The van der Waals surface area contributed by atoms with Crippen molar-refractivity contribution in [3.63, 3.8) is 0 Å². The lowest BCUT2D eigenvalue weighted by molar-refractivity contribution is -0.0653. The number of nitrogens with zero attached hydrogens (tertiary/aromatic N) is 4. The Morgan fingerprint density at radius 3 is 1.30 bits per heavy atom. The lowest BCUT2D eigenvalue weighted by Crippen LogP contribution is -2.33. The quantitative estimate of drug-likeness (QED) is 0.0562. The first-order valence-electron chi connectivity index (χ1n) is 25.9. The second-order valence-corrected chi connectivity index (χ2v) is 21.3. The van der Waals surface area contributed by atoms with E-state index >= 15 is 0 Å². The highest BCUT2D eigenvalue weighted by Gasteiger charge is 2.47. The van der Waals surface area contributed by atoms with Crippen LogP contribution in [0.4, 0.5) is 0 Å². The van der Waals surface area contributed by atoms with Crippen molar-refractivity contribution in [3.8, 4) is 45.4 Å². The molecule has 2 heterocycles. The highest BCUT2D eigenvalue weighted by molar-refractivity contribution is 6.54. The van der Waals surface area contributed by atoms with E-state index in [-0.39, 0.29) is 11.2 Å². The zero-order valence-corrected chi connectivity index (χ0v) is 45.1. The van der Waals surface area contributed by atoms with E-state index in [1.165, 1.54) is 0 Å². The number of aromatic nitrogens is 2. The van der Waals surface area contributed by atoms with Crippen molar-refractivity contribution in [2.24, 2.45) is 9.98 Å². The lowest BCUT2D eigenvalue weighted by Gasteiger charge is -2.32. The highest BCUT2D eigenvalue weighted by atomic mass is 16.5. The Morgan fingerprint density at radius 1 is 0.419 bits per heavy atom. The molecule has 1 aliphatic heterocycles. The average molecular weight is 995 g/mol. The Bertz CT molecular complexity index is 2930. The fraction of sp³-hybridized carbons (Fsp3) is 0.359. The van der Waals surface area contributed by atoms with Crippen LogP contribution in [0.5, 0.6) is 11.5 Å². The van der Waals surface area contributed by atoms with E-state index in [0.717, 1.165) is 69.0 Å². The van der Waals surface area contributed by atoms with Gasteiger partial charge < -0.3 is 28.4 Å². The molecule has 0 bridgehead atoms. The molecule has 0 radical (unpaired) electrons. The second-order valence-electron chi connectivity index (χ2n) is 21.3. The van der Waals surface area contributed by atoms with Crippen LogP contribution in [0.15, 0.2) is 180 Å². The number of aliphatic imine (C=N–C) groups is 2. The molecule has 6 aromatic carbocycles. The molecule has 0 amide bonds. The smallest absolute Gasteiger partial charge is 0.265 e. The third-order valence-electron chi connectivity index (χ3n) is 13.9. The van der Waals surface area contributed by atoms with E-state index in [9.17, 15) is 0 Å². The fourth-order valence-corrected chi connectivity index (χ4v) is 8.90. The molecule has 0 fully saturated rings. The van der Waals surface area contributed by atoms with Crippen molar-refractivity contribution < 1.29 is 28.4 Å². The van der Waals surface area contributed by atoms with Crippen molar-refractivity contribution in [2.75, 3.05) is 40.6 Å². The van der Waals surface area contributed by atoms with Gasteiger partial charge in [0.1, 0.15) is 17.3 Å². The summed E-state index contributed by atoms with van der Waals surface area (Å²) in [5.74, 6) is 0.388. The van der Waals surface area contributed by atoms with Crippen LogP contribution in [0, 0.1) is 0 Å². The standard InChI is InChI=1S/C64H74N4O6/c1-60(2,69-9)41-45-73-62(5,6)39-43-71-53-37-25-23-35-51(53)59-65-57(49-31-19-13-20-32-49)58(50-33-21-14-22-34-50)68(59)64(66-55(47-27-15-11-16-28-47)56(67-64)48-29-17-12-18-30-48)52-36-24-26-38-54(52)72-44-40-63(7,8)74-46-42-61(3,4)70-10/h11-38H,39-46H2,1-10H3. The van der Waals surface area contributed by atoms with Crippen LogP contribution < -0.4 is 9.47 Å². The van der Waals surface area contributed by atoms with Crippen molar-refractivity contribution >= 4 is 11.4 Å². The molecule has 1 aliphatic rings. The third-order valence-corrected chi connectivity index (χ3v) is 13.9. The summed E-state index contributed by atoms with van der Waals surface area (Å²) >= 11 is 0. The van der Waals surface area contributed by atoms with E-state index < -0.39 is 17.0 Å². The summed E-state index contributed by atoms with van der Waals surface area (Å²) in [6, 6.07) is 57.7. The van der Waals surface area contributed by atoms with Gasteiger partial charge in [0.05, 0.1) is 82.8 Å². The molecule has 0 spiro atoms. The number of ether oxygens (including phenoxy) is 6. The van der Waals surface area contributed by atoms with E-state index in [2.05, 4.69) is 145 Å². The first-order chi connectivity index (χ1) is 35.5. The lowest BCUT2D eigenvalue weighted by atomic mass is 10.0. The minimum Gasteiger partial charge on any atom is -0.493 e. The first kappa shape index (κ1) is 53.6. The van der Waals surface area contributed by atoms with Crippen molar-refractivity contribution in [2.45, 2.75) is 109 Å². The van der Waals surface area contributed by atoms with Crippen LogP contribution in [0.2, 0.25) is 0 Å². The topological polar surface area (TPSA) is 97.9 Å². The maximum absolute atomic E-state index is 7.01. The van der Waals surface area contributed by atoms with Crippen LogP contribution in [-0.4, -0.2) is 84.0 Å². The number of benzene rings is 6. The van der Waals surface area contributed by atoms with Gasteiger partial charge >= 0.3 is 0 Å². The molecular formula is C64H74N4O6. The number of hydrogen-bond acceptors (Lipinski definition) is 9. The molecule has 0 atom stereocenters. The summed E-state index contributed by atoms with van der Waals surface area (Å²) in [5, 5.41) is 0. The van der Waals surface area contributed by atoms with Gasteiger partial charge in [-0.15, -0.1) is 0 Å². The molecule has 0 N–H and O–H groups in total. The fourth-order valence-electron chi connectivity index (χ4n) is 8.90. The first-order valence-corrected chi connectivity index (χ1v) is 25.9. The summed E-state index contributed by atoms with van der Waals surface area (Å²) in [5.41, 5.74) is 6.82. The average Bonchev–Trinajstić information content (AvgIpc) is 4.01. The van der Waals surface area contributed by atoms with E-state index in [1.54, 1.807) is 14.2 Å². The van der Waals surface area contributed by atoms with Crippen molar-refractivity contribution in [1.82, 2.24) is 9.55 Å². The maximum atomic E-state index is 7.01. The Hall–Kier alpha value is -6.69. The van der Waals surface area contributed by atoms with Crippen LogP contribution >= 0.6 is 0 Å². The van der Waals surface area contributed by atoms with Gasteiger partial charge in [-0.3, -0.25) is 4.57 Å². The second kappa shape index (κ2) is 23.2.